The normalized spacial score (nSPS) is 13.2. The van der Waals surface area contributed by atoms with Crippen LogP contribution < -0.4 is 0 Å². The van der Waals surface area contributed by atoms with Crippen LogP contribution in [0.4, 0.5) is 0 Å². The van der Waals surface area contributed by atoms with Crippen LogP contribution in [0, 0.1) is 18.8 Å². The molecule has 0 fully saturated rings. The first-order valence-electron chi connectivity index (χ1n) is 17.2. The second-order valence-electron chi connectivity index (χ2n) is 12.2. The van der Waals surface area contributed by atoms with Gasteiger partial charge in [-0.05, 0) is 68.9 Å². The third-order valence-corrected chi connectivity index (χ3v) is 8.49. The molecule has 0 bridgehead atoms. The van der Waals surface area contributed by atoms with E-state index in [1.165, 1.54) is 98.4 Å². The van der Waals surface area contributed by atoms with E-state index in [0.29, 0.717) is 0 Å². The van der Waals surface area contributed by atoms with E-state index in [9.17, 15) is 5.53 Å². The highest BCUT2D eigenvalue weighted by Gasteiger charge is 2.35. The van der Waals surface area contributed by atoms with Gasteiger partial charge >= 0.3 is 0 Å². The first kappa shape index (κ1) is 33.6. The summed E-state index contributed by atoms with van der Waals surface area (Å²) < 4.78 is 1.46. The van der Waals surface area contributed by atoms with Gasteiger partial charge in [0, 0.05) is 23.1 Å². The molecule has 0 N–H and O–H groups in total. The molecule has 1 heterocycles. The summed E-state index contributed by atoms with van der Waals surface area (Å²) in [6.07, 6.45) is 22.0. The summed E-state index contributed by atoms with van der Waals surface area (Å²) in [4.78, 5) is 0. The van der Waals surface area contributed by atoms with Crippen LogP contribution in [-0.2, 0) is 6.42 Å². The van der Waals surface area contributed by atoms with E-state index in [0.717, 1.165) is 66.6 Å². The van der Waals surface area contributed by atoms with Gasteiger partial charge in [-0.25, -0.2) is 4.70 Å². The number of nitrogens with zero attached hydrogens (tertiary/aromatic N) is 2. The van der Waals surface area contributed by atoms with Gasteiger partial charge < -0.3 is 5.53 Å². The van der Waals surface area contributed by atoms with Gasteiger partial charge in [-0.2, -0.15) is 0 Å². The van der Waals surface area contributed by atoms with Crippen molar-refractivity contribution in [3.63, 3.8) is 0 Å². The van der Waals surface area contributed by atoms with Gasteiger partial charge in [-0.3, -0.25) is 0 Å². The fourth-order valence-corrected chi connectivity index (χ4v) is 5.92. The molecule has 0 saturated carbocycles. The van der Waals surface area contributed by atoms with Crippen molar-refractivity contribution >= 4 is 11.4 Å². The monoisotopic (exact) mass is 564 g/mol. The Morgan fingerprint density at radius 3 is 1.90 bits per heavy atom. The van der Waals surface area contributed by atoms with E-state index in [1.54, 1.807) is 0 Å². The predicted octanol–water partition coefficient (Wildman–Crippen LogP) is 12.4. The van der Waals surface area contributed by atoms with Crippen LogP contribution in [0.2, 0.25) is 0 Å². The van der Waals surface area contributed by atoms with Crippen LogP contribution in [0.25, 0.3) is 16.9 Å². The summed E-state index contributed by atoms with van der Waals surface area (Å²) in [6.45, 7) is 8.89. The molecule has 42 heavy (non-hydrogen) atoms. The minimum atomic E-state index is 0.855. The minimum absolute atomic E-state index is 0.855. The molecule has 2 nitrogen and oxygen atoms in total. The molecule has 0 aromatic heterocycles. The molecule has 0 unspecified atom stereocenters. The zero-order valence-electron chi connectivity index (χ0n) is 27.2. The Morgan fingerprint density at radius 2 is 1.24 bits per heavy atom. The molecule has 0 saturated heterocycles. The summed E-state index contributed by atoms with van der Waals surface area (Å²) in [7, 11) is 0. The van der Waals surface area contributed by atoms with Gasteiger partial charge in [0.05, 0.1) is 0 Å². The van der Waals surface area contributed by atoms with Crippen molar-refractivity contribution in [3.8, 4) is 11.8 Å². The average molecular weight is 565 g/mol. The Morgan fingerprint density at radius 1 is 0.619 bits per heavy atom. The Balaban J connectivity index is 1.89. The highest BCUT2D eigenvalue weighted by molar-refractivity contribution is 5.85. The zero-order chi connectivity index (χ0) is 30.0. The Labute approximate surface area is 258 Å². The molecule has 0 amide bonds. The second-order valence-corrected chi connectivity index (χ2v) is 12.2. The van der Waals surface area contributed by atoms with Crippen molar-refractivity contribution in [1.29, 1.82) is 0 Å². The van der Waals surface area contributed by atoms with Crippen LogP contribution in [0.15, 0.2) is 59.7 Å². The molecule has 0 atom stereocenters. The van der Waals surface area contributed by atoms with E-state index in [4.69, 9.17) is 0 Å². The lowest BCUT2D eigenvalue weighted by atomic mass is 9.95. The Kier molecular flexibility index (Phi) is 15.4. The maximum atomic E-state index is 11.8. The highest BCUT2D eigenvalue weighted by Crippen LogP contribution is 2.42. The quantitative estimate of drug-likeness (QED) is 0.0921. The van der Waals surface area contributed by atoms with Crippen LogP contribution in [0.3, 0.4) is 0 Å². The SMILES string of the molecule is CCCCCCCCCC#CC1=C(c2cccc(CCCCCCCC)c2)[N+](=[N-])C(c2ccc(C)cc2)=C1CCCC. The number of benzene rings is 2. The van der Waals surface area contributed by atoms with Crippen molar-refractivity contribution in [2.24, 2.45) is 0 Å². The standard InChI is InChI=1S/C40H56N2/c1-5-8-11-13-15-16-17-19-21-27-38-37(26-10-7-3)39(35-30-28-33(4)29-31-35)42(41)40(38)36-25-22-24-34(32-36)23-20-18-14-12-9-6-2/h22,24-25,28-32H,5-20,23,26H2,1-4H3. The van der Waals surface area contributed by atoms with E-state index in [1.807, 2.05) is 0 Å². The number of allylic oxidation sites excluding steroid dienone is 2. The van der Waals surface area contributed by atoms with E-state index in [-0.39, 0.29) is 0 Å². The number of hydrogen-bond acceptors (Lipinski definition) is 0. The summed E-state index contributed by atoms with van der Waals surface area (Å²) in [5.74, 6) is 7.13. The smallest absolute Gasteiger partial charge is 0.223 e. The van der Waals surface area contributed by atoms with Crippen LogP contribution in [0.1, 0.15) is 152 Å². The third kappa shape index (κ3) is 10.4. The second kappa shape index (κ2) is 19.3. The molecule has 1 aliphatic heterocycles. The van der Waals surface area contributed by atoms with Crippen LogP contribution >= 0.6 is 0 Å². The molecule has 3 rings (SSSR count). The lowest BCUT2D eigenvalue weighted by molar-refractivity contribution is -0.345. The predicted molar refractivity (Wildman–Crippen MR) is 182 cm³/mol. The number of hydrogen-bond donors (Lipinski definition) is 0. The largest absolute Gasteiger partial charge is 0.493 e. The van der Waals surface area contributed by atoms with Crippen molar-refractivity contribution in [2.45, 2.75) is 143 Å². The molecule has 226 valence electrons. The summed E-state index contributed by atoms with van der Waals surface area (Å²) in [6, 6.07) is 17.4. The van der Waals surface area contributed by atoms with E-state index in [2.05, 4.69) is 88.1 Å². The maximum absolute atomic E-state index is 11.8. The molecular weight excluding hydrogens is 508 g/mol. The number of aryl methyl sites for hydroxylation is 2. The van der Waals surface area contributed by atoms with E-state index < -0.39 is 0 Å². The molecule has 2 heteroatoms. The van der Waals surface area contributed by atoms with Crippen molar-refractivity contribution in [1.82, 2.24) is 0 Å². The van der Waals surface area contributed by atoms with Crippen molar-refractivity contribution < 1.29 is 4.70 Å². The van der Waals surface area contributed by atoms with Gasteiger partial charge in [0.15, 0.2) is 0 Å². The number of unbranched alkanes of at least 4 members (excludes halogenated alkanes) is 13. The van der Waals surface area contributed by atoms with Gasteiger partial charge in [-0.1, -0.05) is 139 Å². The zero-order valence-corrected chi connectivity index (χ0v) is 27.2. The van der Waals surface area contributed by atoms with Crippen molar-refractivity contribution in [3.05, 3.63) is 87.5 Å². The summed E-state index contributed by atoms with van der Waals surface area (Å²) in [5.41, 5.74) is 20.5. The molecule has 2 aromatic carbocycles. The first-order valence-corrected chi connectivity index (χ1v) is 17.2. The van der Waals surface area contributed by atoms with Gasteiger partial charge in [-0.15, -0.1) is 0 Å². The highest BCUT2D eigenvalue weighted by atomic mass is 15.2. The Hall–Kier alpha value is -2.92. The topological polar surface area (TPSA) is 25.3 Å². The third-order valence-electron chi connectivity index (χ3n) is 8.49. The molecule has 0 radical (unpaired) electrons. The van der Waals surface area contributed by atoms with E-state index >= 15 is 0 Å². The van der Waals surface area contributed by atoms with Gasteiger partial charge in [0.1, 0.15) is 5.57 Å². The lowest BCUT2D eigenvalue weighted by Crippen LogP contribution is -2.03. The van der Waals surface area contributed by atoms with Gasteiger partial charge in [0.2, 0.25) is 11.4 Å². The fourth-order valence-electron chi connectivity index (χ4n) is 5.92. The molecule has 2 aromatic rings. The van der Waals surface area contributed by atoms with Crippen molar-refractivity contribution in [2.75, 3.05) is 0 Å². The summed E-state index contributed by atoms with van der Waals surface area (Å²) >= 11 is 0. The Bertz CT molecular complexity index is 1230. The fraction of sp³-hybridized carbons (Fsp3) is 0.550. The first-order chi connectivity index (χ1) is 20.6. The average Bonchev–Trinajstić information content (AvgIpc) is 3.28. The number of rotatable bonds is 19. The molecular formula is C40H56N2. The van der Waals surface area contributed by atoms with Crippen LogP contribution in [-0.4, -0.2) is 4.70 Å². The molecule has 0 aliphatic carbocycles. The lowest BCUT2D eigenvalue weighted by Gasteiger charge is -2.10. The molecule has 1 aliphatic rings. The van der Waals surface area contributed by atoms with Crippen LogP contribution in [0.5, 0.6) is 0 Å². The molecule has 0 spiro atoms. The maximum Gasteiger partial charge on any atom is 0.223 e. The van der Waals surface area contributed by atoms with Gasteiger partial charge in [0.25, 0.3) is 0 Å². The summed E-state index contributed by atoms with van der Waals surface area (Å²) in [5, 5.41) is 0. The minimum Gasteiger partial charge on any atom is -0.493 e.